The molecule has 0 atom stereocenters. The van der Waals surface area contributed by atoms with Crippen molar-refractivity contribution in [3.05, 3.63) is 49.6 Å². The Kier molecular flexibility index (Phi) is 3.56. The Morgan fingerprint density at radius 2 is 2.09 bits per heavy atom. The van der Waals surface area contributed by atoms with Crippen LogP contribution in [0.15, 0.2) is 24.3 Å². The van der Waals surface area contributed by atoms with Gasteiger partial charge in [-0.2, -0.15) is 5.26 Å². The van der Waals surface area contributed by atoms with Gasteiger partial charge in [0.25, 0.3) is 0 Å². The van der Waals surface area contributed by atoms with Gasteiger partial charge in [0.05, 0.1) is 10.5 Å². The van der Waals surface area contributed by atoms with Crippen LogP contribution in [0.1, 0.15) is 5.56 Å². The maximum Gasteiger partial charge on any atom is 0.318 e. The molecule has 1 aliphatic heterocycles. The van der Waals surface area contributed by atoms with E-state index in [0.29, 0.717) is 34.1 Å². The highest BCUT2D eigenvalue weighted by Crippen LogP contribution is 2.41. The number of nitro groups is 1. The predicted molar refractivity (Wildman–Crippen MR) is 85.6 cm³/mol. The molecule has 2 heterocycles. The molecule has 1 aromatic carbocycles. The van der Waals surface area contributed by atoms with Crippen LogP contribution in [0.25, 0.3) is 11.1 Å². The van der Waals surface area contributed by atoms with Crippen LogP contribution in [0.2, 0.25) is 5.02 Å². The number of halogens is 1. The van der Waals surface area contributed by atoms with E-state index in [4.69, 9.17) is 23.8 Å². The minimum absolute atomic E-state index is 0.134. The summed E-state index contributed by atoms with van der Waals surface area (Å²) in [5.41, 5.74) is 0.770. The summed E-state index contributed by atoms with van der Waals surface area (Å²) in [5, 5.41) is 24.5. The Balaban J connectivity index is 2.45. The molecule has 0 saturated carbocycles. The first-order valence-corrected chi connectivity index (χ1v) is 7.18. The van der Waals surface area contributed by atoms with E-state index in [-0.39, 0.29) is 16.8 Å². The van der Waals surface area contributed by atoms with Gasteiger partial charge in [-0.1, -0.05) is 36.0 Å². The maximum absolute atomic E-state index is 11.6. The van der Waals surface area contributed by atoms with Crippen molar-refractivity contribution in [2.45, 2.75) is 6.54 Å². The van der Waals surface area contributed by atoms with Crippen LogP contribution >= 0.6 is 23.8 Å². The van der Waals surface area contributed by atoms with Crippen LogP contribution < -0.4 is 5.32 Å². The molecular formula is C14H9ClN4O2S. The first-order chi connectivity index (χ1) is 10.5. The summed E-state index contributed by atoms with van der Waals surface area (Å²) in [7, 11) is 0. The molecule has 0 aliphatic carbocycles. The Labute approximate surface area is 135 Å². The molecule has 0 fully saturated rings. The molecular weight excluding hydrogens is 324 g/mol. The van der Waals surface area contributed by atoms with E-state index in [1.54, 1.807) is 28.8 Å². The van der Waals surface area contributed by atoms with Crippen molar-refractivity contribution in [2.24, 2.45) is 0 Å². The molecule has 1 N–H and O–H groups in total. The number of benzene rings is 1. The van der Waals surface area contributed by atoms with E-state index in [2.05, 4.69) is 5.32 Å². The molecule has 6 nitrogen and oxygen atoms in total. The Hall–Kier alpha value is -2.43. The molecule has 0 radical (unpaired) electrons. The van der Waals surface area contributed by atoms with Crippen LogP contribution in [0, 0.1) is 26.1 Å². The third kappa shape index (κ3) is 2.13. The summed E-state index contributed by atoms with van der Waals surface area (Å²) in [6.07, 6.45) is 0. The molecule has 0 saturated heterocycles. The largest absolute Gasteiger partial charge is 0.364 e. The van der Waals surface area contributed by atoms with Crippen LogP contribution in [-0.4, -0.2) is 16.0 Å². The highest BCUT2D eigenvalue weighted by atomic mass is 35.5. The zero-order valence-electron chi connectivity index (χ0n) is 11.2. The summed E-state index contributed by atoms with van der Waals surface area (Å²) in [4.78, 5) is 11.1. The quantitative estimate of drug-likeness (QED) is 0.514. The molecule has 22 heavy (non-hydrogen) atoms. The summed E-state index contributed by atoms with van der Waals surface area (Å²) in [6, 6.07) is 8.55. The van der Waals surface area contributed by atoms with Gasteiger partial charge in [0.15, 0.2) is 5.82 Å². The van der Waals surface area contributed by atoms with Crippen molar-refractivity contribution in [2.75, 3.05) is 11.9 Å². The number of aromatic nitrogens is 1. The second kappa shape index (κ2) is 5.40. The van der Waals surface area contributed by atoms with Crippen molar-refractivity contribution in [1.29, 1.82) is 5.26 Å². The Morgan fingerprint density at radius 1 is 1.41 bits per heavy atom. The van der Waals surface area contributed by atoms with Crippen LogP contribution in [0.4, 0.5) is 11.5 Å². The van der Waals surface area contributed by atoms with E-state index in [1.807, 2.05) is 6.07 Å². The molecule has 0 spiro atoms. The Morgan fingerprint density at radius 3 is 2.68 bits per heavy atom. The summed E-state index contributed by atoms with van der Waals surface area (Å²) in [6.45, 7) is 1.05. The fourth-order valence-corrected chi connectivity index (χ4v) is 3.02. The second-order valence-corrected chi connectivity index (χ2v) is 5.53. The van der Waals surface area contributed by atoms with E-state index >= 15 is 0 Å². The van der Waals surface area contributed by atoms with Crippen LogP contribution in [-0.2, 0) is 6.54 Å². The van der Waals surface area contributed by atoms with Crippen molar-refractivity contribution >= 4 is 35.3 Å². The van der Waals surface area contributed by atoms with Gasteiger partial charge < -0.3 is 9.88 Å². The van der Waals surface area contributed by atoms with Gasteiger partial charge >= 0.3 is 5.69 Å². The number of hydrogen-bond acceptors (Lipinski definition) is 5. The number of pyridine rings is 1. The van der Waals surface area contributed by atoms with E-state index in [1.165, 1.54) is 0 Å². The fourth-order valence-electron chi connectivity index (χ4n) is 2.57. The summed E-state index contributed by atoms with van der Waals surface area (Å²) in [5.74, 6) is 0.346. The molecule has 110 valence electrons. The Bertz CT molecular complexity index is 884. The molecule has 2 aromatic rings. The van der Waals surface area contributed by atoms with Crippen molar-refractivity contribution in [3.63, 3.8) is 0 Å². The van der Waals surface area contributed by atoms with Crippen LogP contribution in [0.5, 0.6) is 0 Å². The zero-order chi connectivity index (χ0) is 15.9. The minimum atomic E-state index is -0.482. The standard InChI is InChI=1S/C14H9ClN4O2S/c15-9-3-1-8(2-4-9)11-10(7-16)14(22)18-6-5-17-13(18)12(11)19(20)21/h1-4,17H,5-6H2. The number of hydrogen-bond donors (Lipinski definition) is 1. The third-order valence-corrected chi connectivity index (χ3v) is 4.17. The lowest BCUT2D eigenvalue weighted by Crippen LogP contribution is -2.06. The topological polar surface area (TPSA) is 83.9 Å². The van der Waals surface area contributed by atoms with Crippen molar-refractivity contribution in [3.8, 4) is 17.2 Å². The van der Waals surface area contributed by atoms with E-state index in [0.717, 1.165) is 0 Å². The lowest BCUT2D eigenvalue weighted by molar-refractivity contribution is -0.383. The maximum atomic E-state index is 11.6. The lowest BCUT2D eigenvalue weighted by Gasteiger charge is -2.12. The third-order valence-electron chi connectivity index (χ3n) is 3.50. The molecule has 8 heteroatoms. The number of nitriles is 1. The van der Waals surface area contributed by atoms with Crippen molar-refractivity contribution < 1.29 is 4.92 Å². The summed E-state index contributed by atoms with van der Waals surface area (Å²) >= 11 is 11.2. The number of nitrogens with zero attached hydrogens (tertiary/aromatic N) is 3. The van der Waals surface area contributed by atoms with E-state index in [9.17, 15) is 15.4 Å². The normalized spacial score (nSPS) is 12.4. The first kappa shape index (κ1) is 14.5. The highest BCUT2D eigenvalue weighted by Gasteiger charge is 2.31. The predicted octanol–water partition coefficient (Wildman–Crippen LogP) is 3.74. The van der Waals surface area contributed by atoms with Gasteiger partial charge in [-0.15, -0.1) is 0 Å². The van der Waals surface area contributed by atoms with Gasteiger partial charge in [0, 0.05) is 18.1 Å². The zero-order valence-corrected chi connectivity index (χ0v) is 12.7. The number of fused-ring (bicyclic) bond motifs is 1. The molecule has 0 amide bonds. The molecule has 3 rings (SSSR count). The average Bonchev–Trinajstić information content (AvgIpc) is 2.97. The molecule has 0 bridgehead atoms. The minimum Gasteiger partial charge on any atom is -0.364 e. The monoisotopic (exact) mass is 332 g/mol. The van der Waals surface area contributed by atoms with Gasteiger partial charge in [0.2, 0.25) is 0 Å². The smallest absolute Gasteiger partial charge is 0.318 e. The summed E-state index contributed by atoms with van der Waals surface area (Å²) < 4.78 is 1.91. The van der Waals surface area contributed by atoms with Gasteiger partial charge in [0.1, 0.15) is 16.3 Å². The van der Waals surface area contributed by atoms with E-state index < -0.39 is 4.92 Å². The van der Waals surface area contributed by atoms with Gasteiger partial charge in [-0.25, -0.2) is 0 Å². The number of rotatable bonds is 2. The highest BCUT2D eigenvalue weighted by molar-refractivity contribution is 7.71. The first-order valence-electron chi connectivity index (χ1n) is 6.39. The average molecular weight is 333 g/mol. The second-order valence-electron chi connectivity index (χ2n) is 4.71. The van der Waals surface area contributed by atoms with Crippen LogP contribution in [0.3, 0.4) is 0 Å². The SMILES string of the molecule is N#Cc1c(-c2ccc(Cl)cc2)c([N+](=O)[O-])c2n(c1=S)CCN2. The van der Waals surface area contributed by atoms with Gasteiger partial charge in [-0.3, -0.25) is 10.1 Å². The molecule has 0 unspecified atom stereocenters. The molecule has 1 aromatic heterocycles. The molecule has 1 aliphatic rings. The lowest BCUT2D eigenvalue weighted by atomic mass is 10.00. The fraction of sp³-hybridized carbons (Fsp3) is 0.143. The number of nitrogens with one attached hydrogen (secondary N) is 1. The van der Waals surface area contributed by atoms with Gasteiger partial charge in [-0.05, 0) is 17.7 Å². The van der Waals surface area contributed by atoms with Crippen molar-refractivity contribution in [1.82, 2.24) is 4.57 Å². The number of anilines is 1.